The molecular formula is C33H40N3O9P. The van der Waals surface area contributed by atoms with Crippen LogP contribution in [0.1, 0.15) is 36.8 Å². The lowest BCUT2D eigenvalue weighted by molar-refractivity contribution is -0.272. The van der Waals surface area contributed by atoms with Crippen LogP contribution in [0.3, 0.4) is 0 Å². The van der Waals surface area contributed by atoms with Crippen molar-refractivity contribution >= 4 is 19.4 Å². The Balaban J connectivity index is 1.34. The second-order valence-corrected chi connectivity index (χ2v) is 12.9. The van der Waals surface area contributed by atoms with E-state index in [9.17, 15) is 24.7 Å². The highest BCUT2D eigenvalue weighted by Gasteiger charge is 2.45. The third-order valence-electron chi connectivity index (χ3n) is 7.16. The second kappa shape index (κ2) is 17.8. The topological polar surface area (TPSA) is 169 Å². The van der Waals surface area contributed by atoms with E-state index in [2.05, 4.69) is 21.5 Å². The van der Waals surface area contributed by atoms with Gasteiger partial charge in [-0.1, -0.05) is 60.7 Å². The summed E-state index contributed by atoms with van der Waals surface area (Å²) in [6.45, 7) is 0.550. The van der Waals surface area contributed by atoms with Gasteiger partial charge in [0, 0.05) is 13.0 Å². The molecule has 4 rings (SSSR count). The van der Waals surface area contributed by atoms with Crippen LogP contribution in [0.4, 0.5) is 10.6 Å². The normalized spacial score (nSPS) is 21.2. The summed E-state index contributed by atoms with van der Waals surface area (Å²) in [7, 11) is -3.73. The number of aliphatic hydroxyl groups is 3. The van der Waals surface area contributed by atoms with Gasteiger partial charge in [0.1, 0.15) is 29.9 Å². The molecule has 13 heteroatoms. The van der Waals surface area contributed by atoms with Crippen molar-refractivity contribution in [1.29, 1.82) is 0 Å². The van der Waals surface area contributed by atoms with E-state index in [1.165, 1.54) is 18.3 Å². The van der Waals surface area contributed by atoms with Crippen LogP contribution in [-0.4, -0.2) is 69.7 Å². The molecule has 1 fully saturated rings. The highest BCUT2D eigenvalue weighted by molar-refractivity contribution is 7.53. The average molecular weight is 654 g/mol. The average Bonchev–Trinajstić information content (AvgIpc) is 3.08. The summed E-state index contributed by atoms with van der Waals surface area (Å²) in [4.78, 5) is 16.2. The Morgan fingerprint density at radius 1 is 0.913 bits per heavy atom. The van der Waals surface area contributed by atoms with Crippen LogP contribution in [0.15, 0.2) is 79.0 Å². The molecule has 2 heterocycles. The molecule has 0 bridgehead atoms. The standard InChI is InChI=1S/C33H40N3O9P/c1-2-3-4-11-19-34-33(40)36-28-17-16-26(21-35-28)44-32-31(39)30(38)29(37)27(45-32)18-20-46(41,42-22-24-12-7-5-8-13-24)43-23-25-14-9-6-10-15-25/h1,5-10,12-17,21,27,29-32,37-39H,3-4,11,18-20,22-23H2,(H2,34,35,36,40)/t27-,29-,30+,31+,32+/m1/s1. The van der Waals surface area contributed by atoms with Gasteiger partial charge >= 0.3 is 13.6 Å². The van der Waals surface area contributed by atoms with E-state index in [0.717, 1.165) is 24.0 Å². The largest absolute Gasteiger partial charge is 0.460 e. The number of hydrogen-bond acceptors (Lipinski definition) is 10. The van der Waals surface area contributed by atoms with E-state index in [0.29, 0.717) is 13.0 Å². The number of ether oxygens (including phenoxy) is 2. The minimum absolute atomic E-state index is 0.0371. The zero-order valence-corrected chi connectivity index (χ0v) is 26.2. The maximum atomic E-state index is 13.9. The number of terminal acetylenes is 1. The van der Waals surface area contributed by atoms with E-state index < -0.39 is 44.3 Å². The number of urea groups is 1. The highest BCUT2D eigenvalue weighted by atomic mass is 31.2. The minimum Gasteiger partial charge on any atom is -0.460 e. The quantitative estimate of drug-likeness (QED) is 0.0858. The lowest BCUT2D eigenvalue weighted by Crippen LogP contribution is -2.59. The van der Waals surface area contributed by atoms with Gasteiger partial charge in [-0.2, -0.15) is 0 Å². The van der Waals surface area contributed by atoms with Crippen molar-refractivity contribution in [3.63, 3.8) is 0 Å². The predicted molar refractivity (Wildman–Crippen MR) is 171 cm³/mol. The molecule has 2 amide bonds. The lowest BCUT2D eigenvalue weighted by Gasteiger charge is -2.40. The molecule has 0 saturated carbocycles. The van der Waals surface area contributed by atoms with Crippen LogP contribution in [0.5, 0.6) is 5.75 Å². The first-order valence-electron chi connectivity index (χ1n) is 15.0. The molecule has 5 N–H and O–H groups in total. The Morgan fingerprint density at radius 3 is 2.15 bits per heavy atom. The summed E-state index contributed by atoms with van der Waals surface area (Å²) in [5.74, 6) is 2.98. The molecule has 1 saturated heterocycles. The number of anilines is 1. The SMILES string of the molecule is C#CCCCCNC(=O)Nc1ccc(O[C@H]2O[C@H](CCP(=O)(OCc3ccccc3)OCc3ccccc3)[C@@H](O)[C@H](O)[C@@H]2O)cn1. The smallest absolute Gasteiger partial charge is 0.331 e. The molecule has 1 aliphatic heterocycles. The molecule has 0 spiro atoms. The fourth-order valence-corrected chi connectivity index (χ4v) is 6.17. The zero-order chi connectivity index (χ0) is 32.8. The van der Waals surface area contributed by atoms with Crippen molar-refractivity contribution in [3.8, 4) is 18.1 Å². The maximum Gasteiger partial charge on any atom is 0.331 e. The minimum atomic E-state index is -3.73. The van der Waals surface area contributed by atoms with Crippen molar-refractivity contribution < 1.29 is 43.2 Å². The Kier molecular flexibility index (Phi) is 13.6. The van der Waals surface area contributed by atoms with E-state index in [4.69, 9.17) is 24.9 Å². The summed E-state index contributed by atoms with van der Waals surface area (Å²) >= 11 is 0. The van der Waals surface area contributed by atoms with Crippen molar-refractivity contribution in [2.75, 3.05) is 18.0 Å². The number of rotatable bonds is 16. The number of benzene rings is 2. The summed E-state index contributed by atoms with van der Waals surface area (Å²) in [6, 6.07) is 21.0. The molecular weight excluding hydrogens is 613 g/mol. The molecule has 1 aliphatic rings. The second-order valence-electron chi connectivity index (χ2n) is 10.7. The number of aromatic nitrogens is 1. The van der Waals surface area contributed by atoms with Crippen LogP contribution in [-0.2, 0) is 31.6 Å². The van der Waals surface area contributed by atoms with E-state index in [1.807, 2.05) is 60.7 Å². The molecule has 3 aromatic rings. The summed E-state index contributed by atoms with van der Waals surface area (Å²) in [5, 5.41) is 37.2. The third kappa shape index (κ3) is 10.9. The maximum absolute atomic E-state index is 13.9. The Morgan fingerprint density at radius 2 is 1.57 bits per heavy atom. The van der Waals surface area contributed by atoms with Crippen molar-refractivity contribution in [3.05, 3.63) is 90.1 Å². The fourth-order valence-electron chi connectivity index (χ4n) is 4.57. The van der Waals surface area contributed by atoms with Gasteiger partial charge in [-0.3, -0.25) is 9.88 Å². The van der Waals surface area contributed by atoms with Gasteiger partial charge in [0.15, 0.2) is 0 Å². The number of nitrogens with one attached hydrogen (secondary N) is 2. The lowest BCUT2D eigenvalue weighted by atomic mass is 9.97. The van der Waals surface area contributed by atoms with Crippen LogP contribution in [0.25, 0.3) is 0 Å². The van der Waals surface area contributed by atoms with E-state index in [-0.39, 0.29) is 37.4 Å². The number of amides is 2. The Labute approximate surface area is 268 Å². The van der Waals surface area contributed by atoms with Gasteiger partial charge in [0.05, 0.1) is 31.7 Å². The van der Waals surface area contributed by atoms with Gasteiger partial charge in [-0.15, -0.1) is 12.3 Å². The third-order valence-corrected chi connectivity index (χ3v) is 9.01. The van der Waals surface area contributed by atoms with Gasteiger partial charge in [0.25, 0.3) is 0 Å². The molecule has 12 nitrogen and oxygen atoms in total. The predicted octanol–water partition coefficient (Wildman–Crippen LogP) is 4.21. The number of nitrogens with zero attached hydrogens (tertiary/aromatic N) is 1. The van der Waals surface area contributed by atoms with Gasteiger partial charge in [0.2, 0.25) is 6.29 Å². The van der Waals surface area contributed by atoms with Crippen molar-refractivity contribution in [2.45, 2.75) is 69.6 Å². The highest BCUT2D eigenvalue weighted by Crippen LogP contribution is 2.51. The first kappa shape index (κ1) is 35.1. The monoisotopic (exact) mass is 653 g/mol. The molecule has 0 radical (unpaired) electrons. The molecule has 1 aromatic heterocycles. The van der Waals surface area contributed by atoms with Crippen molar-refractivity contribution in [2.24, 2.45) is 0 Å². The number of pyridine rings is 1. The molecule has 46 heavy (non-hydrogen) atoms. The summed E-state index contributed by atoms with van der Waals surface area (Å²) in [5.41, 5.74) is 1.61. The number of carbonyl (C=O) groups excluding carboxylic acids is 1. The molecule has 2 aromatic carbocycles. The Bertz CT molecular complexity index is 1390. The molecule has 0 aliphatic carbocycles. The van der Waals surface area contributed by atoms with Crippen LogP contribution >= 0.6 is 7.60 Å². The first-order chi connectivity index (χ1) is 22.3. The van der Waals surface area contributed by atoms with E-state index in [1.54, 1.807) is 0 Å². The van der Waals surface area contributed by atoms with Gasteiger partial charge in [-0.05, 0) is 42.5 Å². The number of aliphatic hydroxyl groups excluding tert-OH is 3. The van der Waals surface area contributed by atoms with Gasteiger partial charge in [-0.25, -0.2) is 9.78 Å². The van der Waals surface area contributed by atoms with Gasteiger partial charge < -0.3 is 39.2 Å². The molecule has 5 atom stereocenters. The molecule has 0 unspecified atom stereocenters. The first-order valence-corrected chi connectivity index (χ1v) is 16.8. The van der Waals surface area contributed by atoms with Crippen LogP contribution in [0, 0.1) is 12.3 Å². The van der Waals surface area contributed by atoms with Crippen LogP contribution < -0.4 is 15.4 Å². The van der Waals surface area contributed by atoms with Crippen molar-refractivity contribution in [1.82, 2.24) is 10.3 Å². The number of hydrogen-bond donors (Lipinski definition) is 5. The molecule has 246 valence electrons. The fraction of sp³-hybridized carbons (Fsp3) is 0.394. The summed E-state index contributed by atoms with van der Waals surface area (Å²) < 4.78 is 37.1. The number of carbonyl (C=O) groups is 1. The summed E-state index contributed by atoms with van der Waals surface area (Å²) in [6.07, 6.45) is 1.40. The van der Waals surface area contributed by atoms with Crippen LogP contribution in [0.2, 0.25) is 0 Å². The Hall–Kier alpha value is -3.79. The zero-order valence-electron chi connectivity index (χ0n) is 25.3. The van der Waals surface area contributed by atoms with E-state index >= 15 is 0 Å². The number of unbranched alkanes of at least 4 members (excludes halogenated alkanes) is 2.